The highest BCUT2D eigenvalue weighted by Gasteiger charge is 2.29. The van der Waals surface area contributed by atoms with Crippen LogP contribution in [0, 0.1) is 5.82 Å². The molecule has 1 heterocycles. The Morgan fingerprint density at radius 1 is 1.02 bits per heavy atom. The first-order valence-electron chi connectivity index (χ1n) is 11.4. The second-order valence-corrected chi connectivity index (χ2v) is 9.80. The number of fused-ring (bicyclic) bond motifs is 1. The molecular weight excluding hydrogens is 576 g/mol. The fourth-order valence-electron chi connectivity index (χ4n) is 3.60. The first kappa shape index (κ1) is 28.9. The van der Waals surface area contributed by atoms with E-state index >= 15 is 0 Å². The van der Waals surface area contributed by atoms with Crippen LogP contribution in [-0.2, 0) is 16.1 Å². The standard InChI is InChI=1S/C26H19ClF4N4O4S/c27-18-10-17-20(34-25(38)33-15-6-8-16(9-7-15)40-26(29,30)31)12-35(21(17)11-19(18)28)23(36)22(32)24(37)39-13-14-4-2-1-3-5-14/h1-12,22H,13,32H2,(H2,33,34,38). The maximum absolute atomic E-state index is 14.3. The number of anilines is 2. The molecule has 0 saturated heterocycles. The van der Waals surface area contributed by atoms with Gasteiger partial charge in [-0.25, -0.2) is 14.0 Å². The summed E-state index contributed by atoms with van der Waals surface area (Å²) in [6, 6.07) is 13.1. The molecule has 1 unspecified atom stereocenters. The Hall–Kier alpha value is -4.07. The van der Waals surface area contributed by atoms with E-state index in [9.17, 15) is 31.9 Å². The Bertz CT molecular complexity index is 1560. The van der Waals surface area contributed by atoms with Gasteiger partial charge in [0.2, 0.25) is 0 Å². The van der Waals surface area contributed by atoms with Gasteiger partial charge in [0, 0.05) is 28.2 Å². The maximum Gasteiger partial charge on any atom is 0.446 e. The van der Waals surface area contributed by atoms with E-state index in [0.717, 1.165) is 16.8 Å². The van der Waals surface area contributed by atoms with E-state index in [1.807, 2.05) is 0 Å². The topological polar surface area (TPSA) is 115 Å². The summed E-state index contributed by atoms with van der Waals surface area (Å²) in [5.74, 6) is -2.85. The number of rotatable bonds is 7. The van der Waals surface area contributed by atoms with Gasteiger partial charge in [0.05, 0.1) is 16.2 Å². The number of halogens is 5. The van der Waals surface area contributed by atoms with Crippen LogP contribution in [-0.4, -0.2) is 34.0 Å². The fraction of sp³-hybridized carbons (Fsp3) is 0.115. The third-order valence-corrected chi connectivity index (χ3v) is 6.45. The number of urea groups is 1. The highest BCUT2D eigenvalue weighted by molar-refractivity contribution is 8.00. The van der Waals surface area contributed by atoms with Gasteiger partial charge >= 0.3 is 17.5 Å². The molecule has 0 aliphatic heterocycles. The van der Waals surface area contributed by atoms with Crippen LogP contribution < -0.4 is 16.4 Å². The number of aromatic nitrogens is 1. The number of hydrogen-bond donors (Lipinski definition) is 3. The Kier molecular flexibility index (Phi) is 8.67. The molecule has 0 bridgehead atoms. The molecule has 1 atom stereocenters. The number of ether oxygens (including phenoxy) is 1. The van der Waals surface area contributed by atoms with Crippen molar-refractivity contribution in [1.29, 1.82) is 0 Å². The lowest BCUT2D eigenvalue weighted by atomic mass is 10.2. The number of benzene rings is 3. The molecule has 0 fully saturated rings. The van der Waals surface area contributed by atoms with Gasteiger partial charge in [-0.2, -0.15) is 13.2 Å². The minimum Gasteiger partial charge on any atom is -0.459 e. The van der Waals surface area contributed by atoms with Gasteiger partial charge in [0.25, 0.3) is 5.91 Å². The van der Waals surface area contributed by atoms with Crippen molar-refractivity contribution in [1.82, 2.24) is 4.57 Å². The quantitative estimate of drug-likeness (QED) is 0.0987. The van der Waals surface area contributed by atoms with Crippen LogP contribution in [0.15, 0.2) is 77.8 Å². The third-order valence-electron chi connectivity index (χ3n) is 5.42. The summed E-state index contributed by atoms with van der Waals surface area (Å²) in [4.78, 5) is 38.1. The second kappa shape index (κ2) is 12.0. The third kappa shape index (κ3) is 7.11. The van der Waals surface area contributed by atoms with Crippen LogP contribution in [0.4, 0.5) is 33.7 Å². The number of hydrogen-bond acceptors (Lipinski definition) is 6. The molecule has 4 aromatic rings. The molecule has 4 rings (SSSR count). The molecule has 1 aromatic heterocycles. The first-order valence-corrected chi connectivity index (χ1v) is 12.5. The molecule has 0 aliphatic carbocycles. The lowest BCUT2D eigenvalue weighted by molar-refractivity contribution is -0.145. The summed E-state index contributed by atoms with van der Waals surface area (Å²) in [7, 11) is 0. The summed E-state index contributed by atoms with van der Waals surface area (Å²) < 4.78 is 57.9. The van der Waals surface area contributed by atoms with Crippen LogP contribution in [0.25, 0.3) is 10.9 Å². The minimum atomic E-state index is -4.46. The molecule has 40 heavy (non-hydrogen) atoms. The molecule has 2 amide bonds. The van der Waals surface area contributed by atoms with Gasteiger partial charge in [0.15, 0.2) is 6.04 Å². The molecule has 14 heteroatoms. The summed E-state index contributed by atoms with van der Waals surface area (Å²) in [6.45, 7) is -0.125. The average molecular weight is 595 g/mol. The van der Waals surface area contributed by atoms with Crippen LogP contribution in [0.1, 0.15) is 10.4 Å². The van der Waals surface area contributed by atoms with Gasteiger partial charge in [0.1, 0.15) is 12.4 Å². The number of carbonyl (C=O) groups excluding carboxylic acids is 3. The van der Waals surface area contributed by atoms with Gasteiger partial charge < -0.3 is 21.1 Å². The highest BCUT2D eigenvalue weighted by Crippen LogP contribution is 2.37. The van der Waals surface area contributed by atoms with E-state index in [1.165, 1.54) is 30.3 Å². The zero-order chi connectivity index (χ0) is 29.0. The predicted molar refractivity (Wildman–Crippen MR) is 143 cm³/mol. The number of thioether (sulfide) groups is 1. The number of nitrogens with two attached hydrogens (primary N) is 1. The molecule has 208 valence electrons. The van der Waals surface area contributed by atoms with Gasteiger partial charge in [-0.05, 0) is 47.7 Å². The molecular formula is C26H19ClF4N4O4S. The van der Waals surface area contributed by atoms with E-state index in [0.29, 0.717) is 5.56 Å². The summed E-state index contributed by atoms with van der Waals surface area (Å²) in [5.41, 5.74) is 2.20. The molecule has 0 spiro atoms. The highest BCUT2D eigenvalue weighted by atomic mass is 35.5. The molecule has 8 nitrogen and oxygen atoms in total. The zero-order valence-electron chi connectivity index (χ0n) is 20.2. The summed E-state index contributed by atoms with van der Waals surface area (Å²) >= 11 is 5.61. The van der Waals surface area contributed by atoms with Gasteiger partial charge in [-0.3, -0.25) is 9.36 Å². The van der Waals surface area contributed by atoms with Crippen molar-refractivity contribution in [3.63, 3.8) is 0 Å². The van der Waals surface area contributed by atoms with Crippen LogP contribution in [0.2, 0.25) is 5.02 Å². The lowest BCUT2D eigenvalue weighted by Gasteiger charge is -2.12. The van der Waals surface area contributed by atoms with Crippen molar-refractivity contribution in [2.24, 2.45) is 5.73 Å². The normalized spacial score (nSPS) is 12.2. The van der Waals surface area contributed by atoms with Crippen molar-refractivity contribution in [2.45, 2.75) is 23.1 Å². The van der Waals surface area contributed by atoms with E-state index in [4.69, 9.17) is 22.1 Å². The van der Waals surface area contributed by atoms with E-state index in [2.05, 4.69) is 10.6 Å². The number of amides is 2. The monoisotopic (exact) mass is 594 g/mol. The van der Waals surface area contributed by atoms with Crippen molar-refractivity contribution in [3.05, 3.63) is 89.3 Å². The maximum atomic E-state index is 14.3. The second-order valence-electron chi connectivity index (χ2n) is 8.26. The number of nitrogens with one attached hydrogen (secondary N) is 2. The number of carbonyl (C=O) groups is 3. The smallest absolute Gasteiger partial charge is 0.446 e. The molecule has 3 aromatic carbocycles. The molecule has 0 radical (unpaired) electrons. The Morgan fingerprint density at radius 2 is 1.70 bits per heavy atom. The van der Waals surface area contributed by atoms with Crippen molar-refractivity contribution >= 4 is 63.5 Å². The van der Waals surface area contributed by atoms with E-state index in [1.54, 1.807) is 30.3 Å². The van der Waals surface area contributed by atoms with Gasteiger partial charge in [-0.1, -0.05) is 41.9 Å². The van der Waals surface area contributed by atoms with Crippen molar-refractivity contribution in [2.75, 3.05) is 10.6 Å². The predicted octanol–water partition coefficient (Wildman–Crippen LogP) is 6.40. The SMILES string of the molecule is NC(C(=O)OCc1ccccc1)C(=O)n1cc(NC(=O)Nc2ccc(SC(F)(F)F)cc2)c2cc(Cl)c(F)cc21. The summed E-state index contributed by atoms with van der Waals surface area (Å²) in [5, 5.41) is 4.77. The van der Waals surface area contributed by atoms with Crippen molar-refractivity contribution < 1.29 is 36.7 Å². The van der Waals surface area contributed by atoms with E-state index < -0.39 is 35.3 Å². The first-order chi connectivity index (χ1) is 18.9. The fourth-order valence-corrected chi connectivity index (χ4v) is 4.30. The minimum absolute atomic E-state index is 0.0110. The number of nitrogens with zero attached hydrogens (tertiary/aromatic N) is 1. The molecule has 4 N–H and O–H groups in total. The molecule has 0 saturated carbocycles. The van der Waals surface area contributed by atoms with Crippen LogP contribution in [0.3, 0.4) is 0 Å². The Balaban J connectivity index is 1.52. The van der Waals surface area contributed by atoms with Crippen LogP contribution >= 0.6 is 23.4 Å². The van der Waals surface area contributed by atoms with Gasteiger partial charge in [-0.15, -0.1) is 0 Å². The Morgan fingerprint density at radius 3 is 2.35 bits per heavy atom. The average Bonchev–Trinajstić information content (AvgIpc) is 3.24. The van der Waals surface area contributed by atoms with E-state index in [-0.39, 0.29) is 50.6 Å². The lowest BCUT2D eigenvalue weighted by Crippen LogP contribution is -2.42. The van der Waals surface area contributed by atoms with Crippen molar-refractivity contribution in [3.8, 4) is 0 Å². The number of esters is 1. The zero-order valence-corrected chi connectivity index (χ0v) is 21.7. The Labute approximate surface area is 233 Å². The number of alkyl halides is 3. The largest absolute Gasteiger partial charge is 0.459 e. The molecule has 0 aliphatic rings. The van der Waals surface area contributed by atoms with Crippen LogP contribution in [0.5, 0.6) is 0 Å². The summed E-state index contributed by atoms with van der Waals surface area (Å²) in [6.07, 6.45) is 1.13.